The Labute approximate surface area is 151 Å². The van der Waals surface area contributed by atoms with Crippen molar-refractivity contribution in [2.45, 2.75) is 25.5 Å². The molecule has 0 aliphatic carbocycles. The van der Waals surface area contributed by atoms with E-state index in [0.717, 1.165) is 24.1 Å². The van der Waals surface area contributed by atoms with Crippen LogP contribution in [0.15, 0.2) is 47.7 Å². The van der Waals surface area contributed by atoms with Crippen molar-refractivity contribution in [2.24, 2.45) is 4.99 Å². The van der Waals surface area contributed by atoms with Gasteiger partial charge in [-0.2, -0.15) is 0 Å². The van der Waals surface area contributed by atoms with Gasteiger partial charge in [0.05, 0.1) is 28.5 Å². The van der Waals surface area contributed by atoms with Crippen LogP contribution >= 0.6 is 35.0 Å². The van der Waals surface area contributed by atoms with Crippen molar-refractivity contribution in [3.05, 3.63) is 58.3 Å². The zero-order valence-corrected chi connectivity index (χ0v) is 15.2. The summed E-state index contributed by atoms with van der Waals surface area (Å²) in [5, 5.41) is 1.75. The summed E-state index contributed by atoms with van der Waals surface area (Å²) in [6.45, 7) is 2.79. The number of thioether (sulfide) groups is 1. The molecule has 0 N–H and O–H groups in total. The van der Waals surface area contributed by atoms with Crippen LogP contribution in [0.2, 0.25) is 10.0 Å². The van der Waals surface area contributed by atoms with Crippen molar-refractivity contribution in [2.75, 3.05) is 6.61 Å². The molecule has 1 heterocycles. The lowest BCUT2D eigenvalue weighted by Crippen LogP contribution is -2.02. The maximum Gasteiger partial charge on any atom is 0.251 e. The Balaban J connectivity index is 2.04. The van der Waals surface area contributed by atoms with Gasteiger partial charge < -0.3 is 4.74 Å². The molecule has 0 aliphatic rings. The van der Waals surface area contributed by atoms with Gasteiger partial charge >= 0.3 is 0 Å². The summed E-state index contributed by atoms with van der Waals surface area (Å²) in [5.41, 5.74) is 1.85. The molecule has 2 rings (SSSR count). The predicted octanol–water partition coefficient (Wildman–Crippen LogP) is 6.13. The Bertz CT molecular complexity index is 650. The molecular weight excluding hydrogens is 351 g/mol. The predicted molar refractivity (Wildman–Crippen MR) is 99.9 cm³/mol. The summed E-state index contributed by atoms with van der Waals surface area (Å²) in [7, 11) is 0. The highest BCUT2D eigenvalue weighted by Gasteiger charge is 2.06. The first-order valence-electron chi connectivity index (χ1n) is 7.37. The van der Waals surface area contributed by atoms with E-state index in [0.29, 0.717) is 27.6 Å². The van der Waals surface area contributed by atoms with Crippen LogP contribution in [0.25, 0.3) is 0 Å². The highest BCUT2D eigenvalue weighted by atomic mass is 35.5. The van der Waals surface area contributed by atoms with E-state index in [4.69, 9.17) is 27.9 Å². The highest BCUT2D eigenvalue weighted by Crippen LogP contribution is 2.26. The quantitative estimate of drug-likeness (QED) is 0.349. The number of halogens is 2. The molecule has 6 heteroatoms. The Morgan fingerprint density at radius 2 is 2.13 bits per heavy atom. The number of ether oxygens (including phenoxy) is 1. The number of rotatable bonds is 6. The third-order valence-corrected chi connectivity index (χ3v) is 4.61. The van der Waals surface area contributed by atoms with Crippen LogP contribution in [-0.2, 0) is 10.5 Å². The van der Waals surface area contributed by atoms with Crippen molar-refractivity contribution < 1.29 is 4.74 Å². The van der Waals surface area contributed by atoms with Gasteiger partial charge in [-0.1, -0.05) is 54.4 Å². The second kappa shape index (κ2) is 9.81. The van der Waals surface area contributed by atoms with Crippen LogP contribution in [0.5, 0.6) is 0 Å². The van der Waals surface area contributed by atoms with E-state index in [1.807, 2.05) is 24.3 Å². The Morgan fingerprint density at radius 3 is 2.83 bits per heavy atom. The lowest BCUT2D eigenvalue weighted by atomic mass is 10.2. The number of aromatic nitrogens is 1. The molecule has 0 saturated carbocycles. The first-order chi connectivity index (χ1) is 11.2. The largest absolute Gasteiger partial charge is 0.473 e. The second-order valence-corrected chi connectivity index (χ2v) is 6.57. The molecular formula is C17H18Cl2N2OS. The summed E-state index contributed by atoms with van der Waals surface area (Å²) in [6.07, 6.45) is 5.51. The lowest BCUT2D eigenvalue weighted by molar-refractivity contribution is 0.306. The topological polar surface area (TPSA) is 34.5 Å². The van der Waals surface area contributed by atoms with E-state index in [1.165, 1.54) is 11.8 Å². The van der Waals surface area contributed by atoms with E-state index < -0.39 is 0 Å². The highest BCUT2D eigenvalue weighted by molar-refractivity contribution is 8.12. The minimum absolute atomic E-state index is 0.558. The third-order valence-electron chi connectivity index (χ3n) is 2.94. The van der Waals surface area contributed by atoms with Crippen molar-refractivity contribution in [3.8, 4) is 0 Å². The van der Waals surface area contributed by atoms with E-state index in [9.17, 15) is 0 Å². The summed E-state index contributed by atoms with van der Waals surface area (Å²) in [4.78, 5) is 8.59. The molecule has 0 bridgehead atoms. The SMILES string of the molecule is CCCCOC(=Nc1cccnc1)SCc1ccc(Cl)c(Cl)c1. The molecule has 0 unspecified atom stereocenters. The molecule has 3 nitrogen and oxygen atoms in total. The zero-order chi connectivity index (χ0) is 16.5. The van der Waals surface area contributed by atoms with E-state index in [-0.39, 0.29) is 0 Å². The van der Waals surface area contributed by atoms with Gasteiger partial charge in [0.1, 0.15) is 0 Å². The number of nitrogens with zero attached hydrogens (tertiary/aromatic N) is 2. The second-order valence-electron chi connectivity index (χ2n) is 4.83. The van der Waals surface area contributed by atoms with E-state index in [1.54, 1.807) is 18.5 Å². The van der Waals surface area contributed by atoms with Gasteiger partial charge in [0.25, 0.3) is 5.23 Å². The Morgan fingerprint density at radius 1 is 1.26 bits per heavy atom. The monoisotopic (exact) mass is 368 g/mol. The molecule has 0 radical (unpaired) electrons. The molecule has 2 aromatic rings. The minimum atomic E-state index is 0.558. The van der Waals surface area contributed by atoms with Crippen LogP contribution in [0.1, 0.15) is 25.3 Å². The first-order valence-corrected chi connectivity index (χ1v) is 9.11. The van der Waals surface area contributed by atoms with Gasteiger partial charge in [-0.25, -0.2) is 4.99 Å². The van der Waals surface area contributed by atoms with Crippen molar-refractivity contribution in [3.63, 3.8) is 0 Å². The lowest BCUT2D eigenvalue weighted by Gasteiger charge is -2.09. The van der Waals surface area contributed by atoms with Gasteiger partial charge in [0, 0.05) is 11.9 Å². The Hall–Kier alpha value is -1.23. The number of benzene rings is 1. The van der Waals surface area contributed by atoms with E-state index >= 15 is 0 Å². The van der Waals surface area contributed by atoms with Gasteiger partial charge in [-0.3, -0.25) is 4.98 Å². The zero-order valence-electron chi connectivity index (χ0n) is 12.8. The average Bonchev–Trinajstić information content (AvgIpc) is 2.56. The van der Waals surface area contributed by atoms with E-state index in [2.05, 4.69) is 16.9 Å². The van der Waals surface area contributed by atoms with Crippen LogP contribution in [0, 0.1) is 0 Å². The van der Waals surface area contributed by atoms with Crippen molar-refractivity contribution >= 4 is 45.9 Å². The number of pyridine rings is 1. The van der Waals surface area contributed by atoms with Crippen molar-refractivity contribution in [1.29, 1.82) is 0 Å². The number of hydrogen-bond acceptors (Lipinski definition) is 4. The first kappa shape index (κ1) is 18.1. The smallest absolute Gasteiger partial charge is 0.251 e. The summed E-state index contributed by atoms with van der Waals surface area (Å²) in [5.74, 6) is 0.710. The number of aliphatic imine (C=N–C) groups is 1. The standard InChI is InChI=1S/C17H18Cl2N2OS/c1-2-3-9-22-17(21-14-5-4-8-20-11-14)23-12-13-6-7-15(18)16(19)10-13/h4-8,10-11H,2-3,9,12H2,1H3. The summed E-state index contributed by atoms with van der Waals surface area (Å²) >= 11 is 13.5. The Kier molecular flexibility index (Phi) is 7.72. The van der Waals surface area contributed by atoms with Gasteiger partial charge in [0.2, 0.25) is 0 Å². The third kappa shape index (κ3) is 6.42. The van der Waals surface area contributed by atoms with Crippen LogP contribution < -0.4 is 0 Å². The fourth-order valence-corrected chi connectivity index (χ4v) is 2.84. The van der Waals surface area contributed by atoms with Crippen LogP contribution in [0.4, 0.5) is 5.69 Å². The summed E-state index contributed by atoms with van der Waals surface area (Å²) in [6, 6.07) is 9.37. The minimum Gasteiger partial charge on any atom is -0.473 e. The summed E-state index contributed by atoms with van der Waals surface area (Å²) < 4.78 is 5.79. The maximum atomic E-state index is 6.05. The van der Waals surface area contributed by atoms with Gasteiger partial charge in [-0.15, -0.1) is 0 Å². The molecule has 23 heavy (non-hydrogen) atoms. The van der Waals surface area contributed by atoms with Crippen LogP contribution in [0.3, 0.4) is 0 Å². The molecule has 0 atom stereocenters. The van der Waals surface area contributed by atoms with Gasteiger partial charge in [-0.05, 0) is 36.2 Å². The molecule has 0 aliphatic heterocycles. The molecule has 0 saturated heterocycles. The molecule has 0 fully saturated rings. The number of unbranched alkanes of at least 4 members (excludes halogenated alkanes) is 1. The fourth-order valence-electron chi connectivity index (χ4n) is 1.71. The number of hydrogen-bond donors (Lipinski definition) is 0. The molecule has 0 spiro atoms. The van der Waals surface area contributed by atoms with Crippen LogP contribution in [-0.4, -0.2) is 16.8 Å². The molecule has 1 aromatic carbocycles. The van der Waals surface area contributed by atoms with Gasteiger partial charge in [0.15, 0.2) is 0 Å². The molecule has 122 valence electrons. The van der Waals surface area contributed by atoms with Crippen molar-refractivity contribution in [1.82, 2.24) is 4.98 Å². The maximum absolute atomic E-state index is 6.05. The fraction of sp³-hybridized carbons (Fsp3) is 0.294. The molecule has 0 amide bonds. The average molecular weight is 369 g/mol. The molecule has 1 aromatic heterocycles. The normalized spacial score (nSPS) is 11.5.